The maximum atomic E-state index is 5.18. The summed E-state index contributed by atoms with van der Waals surface area (Å²) in [7, 11) is 1.68. The summed E-state index contributed by atoms with van der Waals surface area (Å²) < 4.78 is 7.97. The highest BCUT2D eigenvalue weighted by atomic mass is 32.1. The van der Waals surface area contributed by atoms with Crippen molar-refractivity contribution in [2.45, 2.75) is 13.0 Å². The highest BCUT2D eigenvalue weighted by Crippen LogP contribution is 2.13. The van der Waals surface area contributed by atoms with Gasteiger partial charge < -0.3 is 14.3 Å². The Morgan fingerprint density at radius 3 is 3.00 bits per heavy atom. The van der Waals surface area contributed by atoms with Crippen LogP contribution in [-0.4, -0.2) is 16.7 Å². The monoisotopic (exact) mass is 234 g/mol. The normalized spacial score (nSPS) is 10.3. The Hall–Kier alpha value is -1.55. The van der Waals surface area contributed by atoms with Gasteiger partial charge in [-0.2, -0.15) is 0 Å². The Balaban J connectivity index is 2.05. The number of methoxy groups -OCH3 is 1. The Morgan fingerprint density at radius 1 is 1.44 bits per heavy atom. The number of nitrogens with one attached hydrogen (secondary N) is 1. The van der Waals surface area contributed by atoms with E-state index >= 15 is 0 Å². The van der Waals surface area contributed by atoms with Crippen molar-refractivity contribution in [2.75, 3.05) is 7.11 Å². The summed E-state index contributed by atoms with van der Waals surface area (Å²) in [5, 5.41) is 0. The van der Waals surface area contributed by atoms with Crippen molar-refractivity contribution in [3.63, 3.8) is 0 Å². The van der Waals surface area contributed by atoms with Gasteiger partial charge in [-0.1, -0.05) is 12.1 Å². The second-order valence-electron chi connectivity index (χ2n) is 3.56. The minimum Gasteiger partial charge on any atom is -0.497 e. The fourth-order valence-electron chi connectivity index (χ4n) is 1.60. The van der Waals surface area contributed by atoms with Crippen LogP contribution in [-0.2, 0) is 13.0 Å². The van der Waals surface area contributed by atoms with E-state index in [0.717, 1.165) is 23.5 Å². The molecule has 0 aliphatic carbocycles. The Kier molecular flexibility index (Phi) is 3.41. The van der Waals surface area contributed by atoms with Gasteiger partial charge in [-0.3, -0.25) is 0 Å². The molecule has 84 valence electrons. The van der Waals surface area contributed by atoms with Gasteiger partial charge in [0.25, 0.3) is 0 Å². The van der Waals surface area contributed by atoms with Crippen LogP contribution in [0.25, 0.3) is 0 Å². The van der Waals surface area contributed by atoms with E-state index in [2.05, 4.69) is 17.1 Å². The molecular weight excluding hydrogens is 220 g/mol. The van der Waals surface area contributed by atoms with E-state index in [1.54, 1.807) is 7.11 Å². The van der Waals surface area contributed by atoms with Crippen LogP contribution in [0.15, 0.2) is 36.7 Å². The Bertz CT molecular complexity index is 515. The van der Waals surface area contributed by atoms with E-state index in [-0.39, 0.29) is 0 Å². The zero-order valence-corrected chi connectivity index (χ0v) is 9.96. The predicted molar refractivity (Wildman–Crippen MR) is 66.3 cm³/mol. The molecule has 0 bridgehead atoms. The summed E-state index contributed by atoms with van der Waals surface area (Å²) in [6, 6.07) is 8.10. The molecule has 0 saturated carbocycles. The average molecular weight is 234 g/mol. The van der Waals surface area contributed by atoms with E-state index in [1.807, 2.05) is 29.1 Å². The molecule has 1 heterocycles. The standard InChI is InChI=1S/C12H14N2OS/c1-15-11-4-2-3-10(9-11)5-7-14-8-6-13-12(14)16/h2-4,6,8-9H,5,7H2,1H3,(H,13,16). The summed E-state index contributed by atoms with van der Waals surface area (Å²) in [5.41, 5.74) is 1.25. The highest BCUT2D eigenvalue weighted by molar-refractivity contribution is 7.71. The van der Waals surface area contributed by atoms with Gasteiger partial charge in [-0.05, 0) is 36.3 Å². The van der Waals surface area contributed by atoms with E-state index in [0.29, 0.717) is 0 Å². The zero-order chi connectivity index (χ0) is 11.4. The number of hydrogen-bond donors (Lipinski definition) is 1. The van der Waals surface area contributed by atoms with Crippen molar-refractivity contribution in [3.05, 3.63) is 47.0 Å². The van der Waals surface area contributed by atoms with E-state index < -0.39 is 0 Å². The summed E-state index contributed by atoms with van der Waals surface area (Å²) in [5.74, 6) is 0.898. The molecule has 4 heteroatoms. The SMILES string of the molecule is COc1cccc(CCn2cc[nH]c2=S)c1. The zero-order valence-electron chi connectivity index (χ0n) is 9.14. The number of hydrogen-bond acceptors (Lipinski definition) is 2. The number of H-pyrrole nitrogens is 1. The summed E-state index contributed by atoms with van der Waals surface area (Å²) in [6.07, 6.45) is 4.76. The van der Waals surface area contributed by atoms with Gasteiger partial charge in [0.1, 0.15) is 5.75 Å². The molecule has 1 aromatic carbocycles. The molecular formula is C12H14N2OS. The third-order valence-corrected chi connectivity index (χ3v) is 2.85. The van der Waals surface area contributed by atoms with Crippen LogP contribution in [0.1, 0.15) is 5.56 Å². The van der Waals surface area contributed by atoms with Gasteiger partial charge in [-0.15, -0.1) is 0 Å². The van der Waals surface area contributed by atoms with Crippen molar-refractivity contribution in [1.29, 1.82) is 0 Å². The highest BCUT2D eigenvalue weighted by Gasteiger charge is 1.97. The molecule has 2 rings (SSSR count). The van der Waals surface area contributed by atoms with Crippen LogP contribution in [0.2, 0.25) is 0 Å². The van der Waals surface area contributed by atoms with Crippen molar-refractivity contribution in [1.82, 2.24) is 9.55 Å². The largest absolute Gasteiger partial charge is 0.497 e. The lowest BCUT2D eigenvalue weighted by atomic mass is 10.1. The quantitative estimate of drug-likeness (QED) is 0.824. The lowest BCUT2D eigenvalue weighted by molar-refractivity contribution is 0.414. The van der Waals surface area contributed by atoms with Gasteiger partial charge in [0.15, 0.2) is 4.77 Å². The molecule has 0 spiro atoms. The number of benzene rings is 1. The fraction of sp³-hybridized carbons (Fsp3) is 0.250. The average Bonchev–Trinajstić information content (AvgIpc) is 2.72. The van der Waals surface area contributed by atoms with Crippen molar-refractivity contribution in [3.8, 4) is 5.75 Å². The van der Waals surface area contributed by atoms with Crippen LogP contribution >= 0.6 is 12.2 Å². The molecule has 0 aliphatic heterocycles. The molecule has 0 amide bonds. The molecule has 0 atom stereocenters. The third kappa shape index (κ3) is 2.52. The van der Waals surface area contributed by atoms with Crippen molar-refractivity contribution >= 4 is 12.2 Å². The lowest BCUT2D eigenvalue weighted by Gasteiger charge is -2.05. The van der Waals surface area contributed by atoms with Gasteiger partial charge in [0.05, 0.1) is 7.11 Å². The van der Waals surface area contributed by atoms with Crippen molar-refractivity contribution in [2.24, 2.45) is 0 Å². The van der Waals surface area contributed by atoms with Crippen LogP contribution in [0.5, 0.6) is 5.75 Å². The van der Waals surface area contributed by atoms with Gasteiger partial charge >= 0.3 is 0 Å². The smallest absolute Gasteiger partial charge is 0.177 e. The number of imidazole rings is 1. The number of aryl methyl sites for hydroxylation is 2. The minimum atomic E-state index is 0.767. The van der Waals surface area contributed by atoms with Crippen LogP contribution in [0.4, 0.5) is 0 Å². The first-order valence-electron chi connectivity index (χ1n) is 5.16. The van der Waals surface area contributed by atoms with Gasteiger partial charge in [0, 0.05) is 18.9 Å². The van der Waals surface area contributed by atoms with Gasteiger partial charge in [0.2, 0.25) is 0 Å². The maximum absolute atomic E-state index is 5.18. The number of aromatic nitrogens is 2. The molecule has 16 heavy (non-hydrogen) atoms. The molecule has 0 aliphatic rings. The van der Waals surface area contributed by atoms with Crippen LogP contribution < -0.4 is 4.74 Å². The molecule has 1 N–H and O–H groups in total. The molecule has 0 saturated heterocycles. The molecule has 1 aromatic heterocycles. The van der Waals surface area contributed by atoms with Gasteiger partial charge in [-0.25, -0.2) is 0 Å². The second-order valence-corrected chi connectivity index (χ2v) is 3.95. The maximum Gasteiger partial charge on any atom is 0.177 e. The lowest BCUT2D eigenvalue weighted by Crippen LogP contribution is -2.00. The Morgan fingerprint density at radius 2 is 2.31 bits per heavy atom. The second kappa shape index (κ2) is 4.99. The molecule has 0 fully saturated rings. The summed E-state index contributed by atoms with van der Waals surface area (Å²) in [4.78, 5) is 2.98. The van der Waals surface area contributed by atoms with Crippen molar-refractivity contribution < 1.29 is 4.74 Å². The first kappa shape index (κ1) is 11.0. The summed E-state index contributed by atoms with van der Waals surface area (Å²) in [6.45, 7) is 0.884. The number of rotatable bonds is 4. The first-order valence-corrected chi connectivity index (χ1v) is 5.57. The van der Waals surface area contributed by atoms with E-state index in [1.165, 1.54) is 5.56 Å². The minimum absolute atomic E-state index is 0.767. The molecule has 0 radical (unpaired) electrons. The first-order chi connectivity index (χ1) is 7.79. The predicted octanol–water partition coefficient (Wildman–Crippen LogP) is 2.80. The molecule has 2 aromatic rings. The Labute approximate surface area is 99.7 Å². The van der Waals surface area contributed by atoms with Crippen LogP contribution in [0, 0.1) is 4.77 Å². The van der Waals surface area contributed by atoms with E-state index in [4.69, 9.17) is 17.0 Å². The number of ether oxygens (including phenoxy) is 1. The fourth-order valence-corrected chi connectivity index (χ4v) is 1.82. The third-order valence-electron chi connectivity index (χ3n) is 2.50. The number of aromatic amines is 1. The molecule has 3 nitrogen and oxygen atoms in total. The summed E-state index contributed by atoms with van der Waals surface area (Å²) >= 11 is 5.13. The molecule has 0 unspecified atom stereocenters. The topological polar surface area (TPSA) is 29.9 Å². The van der Waals surface area contributed by atoms with Crippen LogP contribution in [0.3, 0.4) is 0 Å². The van der Waals surface area contributed by atoms with E-state index in [9.17, 15) is 0 Å². The number of nitrogens with zero attached hydrogens (tertiary/aromatic N) is 1.